The summed E-state index contributed by atoms with van der Waals surface area (Å²) in [6, 6.07) is 5.68. The zero-order valence-electron chi connectivity index (χ0n) is 15.2. The van der Waals surface area contributed by atoms with Crippen LogP contribution in [0, 0.1) is 29.0 Å². The van der Waals surface area contributed by atoms with Gasteiger partial charge in [-0.3, -0.25) is 5.32 Å². The molecule has 4 bridgehead atoms. The van der Waals surface area contributed by atoms with E-state index < -0.39 is 11.8 Å². The molecule has 0 radical (unpaired) electrons. The number of thiazole rings is 1. The zero-order chi connectivity index (χ0) is 18.4. The van der Waals surface area contributed by atoms with E-state index in [2.05, 4.69) is 21.0 Å². The number of hydrogen-bond acceptors (Lipinski definition) is 3. The van der Waals surface area contributed by atoms with E-state index in [9.17, 15) is 9.18 Å². The largest absolute Gasteiger partial charge is 0.325 e. The number of aromatic nitrogens is 1. The Morgan fingerprint density at radius 1 is 1.11 bits per heavy atom. The summed E-state index contributed by atoms with van der Waals surface area (Å²) in [5.41, 5.74) is 1.69. The van der Waals surface area contributed by atoms with Crippen molar-refractivity contribution in [3.8, 4) is 0 Å². The van der Waals surface area contributed by atoms with Crippen LogP contribution in [0.2, 0.25) is 0 Å². The predicted octanol–water partition coefficient (Wildman–Crippen LogP) is 5.69. The molecular formula is C21H24FN3OS. The summed E-state index contributed by atoms with van der Waals surface area (Å²) in [7, 11) is 0. The molecule has 2 amide bonds. The lowest BCUT2D eigenvalue weighted by Gasteiger charge is -2.56. The molecule has 2 aromatic rings. The smallest absolute Gasteiger partial charge is 0.305 e. The van der Waals surface area contributed by atoms with Gasteiger partial charge < -0.3 is 5.32 Å². The predicted molar refractivity (Wildman–Crippen MR) is 105 cm³/mol. The van der Waals surface area contributed by atoms with Crippen LogP contribution >= 0.6 is 11.3 Å². The van der Waals surface area contributed by atoms with Gasteiger partial charge in [-0.25, -0.2) is 14.2 Å². The molecule has 4 nitrogen and oxygen atoms in total. The average molecular weight is 386 g/mol. The topological polar surface area (TPSA) is 54.0 Å². The minimum Gasteiger partial charge on any atom is -0.305 e. The minimum absolute atomic E-state index is 0.167. The number of rotatable bonds is 4. The number of nitrogens with zero attached hydrogens (tertiary/aromatic N) is 1. The maximum Gasteiger partial charge on any atom is 0.325 e. The maximum absolute atomic E-state index is 13.7. The number of halogens is 1. The summed E-state index contributed by atoms with van der Waals surface area (Å²) in [6.45, 7) is 0. The van der Waals surface area contributed by atoms with Gasteiger partial charge in [-0.15, -0.1) is 11.3 Å². The molecule has 0 saturated heterocycles. The van der Waals surface area contributed by atoms with Crippen molar-refractivity contribution in [3.63, 3.8) is 0 Å². The van der Waals surface area contributed by atoms with E-state index in [1.165, 1.54) is 62.0 Å². The van der Waals surface area contributed by atoms with Crippen LogP contribution in [0.5, 0.6) is 0 Å². The van der Waals surface area contributed by atoms with Crippen LogP contribution in [0.1, 0.15) is 44.2 Å². The van der Waals surface area contributed by atoms with E-state index in [1.807, 2.05) is 0 Å². The van der Waals surface area contributed by atoms with E-state index in [4.69, 9.17) is 0 Å². The molecule has 0 unspecified atom stereocenters. The summed E-state index contributed by atoms with van der Waals surface area (Å²) < 4.78 is 13.7. The molecule has 4 aliphatic rings. The van der Waals surface area contributed by atoms with Crippen LogP contribution in [0.3, 0.4) is 0 Å². The maximum atomic E-state index is 13.7. The summed E-state index contributed by atoms with van der Waals surface area (Å²) in [5.74, 6) is 2.34. The number of amides is 2. The lowest BCUT2D eigenvalue weighted by atomic mass is 9.48. The first-order valence-electron chi connectivity index (χ1n) is 9.84. The SMILES string of the molecule is O=C(Nc1nc(CC23CC4CC(CC(C4)C2)C3)cs1)Nc1ccccc1F. The molecule has 1 heterocycles. The number of urea groups is 1. The number of anilines is 2. The highest BCUT2D eigenvalue weighted by atomic mass is 32.1. The van der Waals surface area contributed by atoms with Gasteiger partial charge in [0, 0.05) is 5.38 Å². The minimum atomic E-state index is -0.462. The third-order valence-corrected chi connectivity index (χ3v) is 7.42. The Labute approximate surface area is 162 Å². The van der Waals surface area contributed by atoms with Crippen molar-refractivity contribution in [1.29, 1.82) is 0 Å². The number of carbonyl (C=O) groups excluding carboxylic acids is 1. The van der Waals surface area contributed by atoms with Crippen LogP contribution in [-0.4, -0.2) is 11.0 Å². The highest BCUT2D eigenvalue weighted by molar-refractivity contribution is 7.13. The number of nitrogens with one attached hydrogen (secondary N) is 2. The Hall–Kier alpha value is -1.95. The number of carbonyl (C=O) groups is 1. The van der Waals surface area contributed by atoms with E-state index in [-0.39, 0.29) is 5.69 Å². The summed E-state index contributed by atoms with van der Waals surface area (Å²) in [5, 5.41) is 7.91. The molecule has 0 atom stereocenters. The second-order valence-corrected chi connectivity index (χ2v) is 9.66. The molecule has 2 N–H and O–H groups in total. The Kier molecular flexibility index (Phi) is 4.19. The van der Waals surface area contributed by atoms with E-state index in [0.29, 0.717) is 10.5 Å². The molecule has 142 valence electrons. The molecule has 1 aromatic carbocycles. The molecule has 6 heteroatoms. The molecule has 0 aliphatic heterocycles. The van der Waals surface area contributed by atoms with Gasteiger partial charge in [0.2, 0.25) is 0 Å². The van der Waals surface area contributed by atoms with Gasteiger partial charge in [-0.05, 0) is 80.2 Å². The monoisotopic (exact) mass is 385 g/mol. The van der Waals surface area contributed by atoms with Crippen molar-refractivity contribution < 1.29 is 9.18 Å². The first kappa shape index (κ1) is 17.2. The molecule has 0 spiro atoms. The van der Waals surface area contributed by atoms with Crippen LogP contribution in [0.4, 0.5) is 20.0 Å². The van der Waals surface area contributed by atoms with Crippen LogP contribution in [0.25, 0.3) is 0 Å². The Bertz CT molecular complexity index is 829. The van der Waals surface area contributed by atoms with Crippen LogP contribution < -0.4 is 10.6 Å². The highest BCUT2D eigenvalue weighted by Gasteiger charge is 2.50. The van der Waals surface area contributed by atoms with Crippen molar-refractivity contribution in [2.75, 3.05) is 10.6 Å². The molecule has 4 fully saturated rings. The summed E-state index contributed by atoms with van der Waals surface area (Å²) >= 11 is 1.44. The lowest BCUT2D eigenvalue weighted by molar-refractivity contribution is -0.0525. The number of para-hydroxylation sites is 1. The Morgan fingerprint density at radius 2 is 1.78 bits per heavy atom. The van der Waals surface area contributed by atoms with Crippen LogP contribution in [-0.2, 0) is 6.42 Å². The molecule has 1 aromatic heterocycles. The van der Waals surface area contributed by atoms with Gasteiger partial charge in [0.15, 0.2) is 5.13 Å². The second kappa shape index (κ2) is 6.59. The van der Waals surface area contributed by atoms with E-state index >= 15 is 0 Å². The van der Waals surface area contributed by atoms with Crippen molar-refractivity contribution in [1.82, 2.24) is 4.98 Å². The standard InChI is InChI=1S/C21H24FN3OS/c22-17-3-1-2-4-18(17)24-19(26)25-20-23-16(12-27-20)11-21-8-13-5-14(9-21)7-15(6-13)10-21/h1-4,12-15H,5-11H2,(H2,23,24,25,26). The molecule has 27 heavy (non-hydrogen) atoms. The zero-order valence-corrected chi connectivity index (χ0v) is 16.0. The van der Waals surface area contributed by atoms with E-state index in [0.717, 1.165) is 29.9 Å². The van der Waals surface area contributed by atoms with Crippen molar-refractivity contribution in [2.45, 2.75) is 44.9 Å². The van der Waals surface area contributed by atoms with Gasteiger partial charge in [0.05, 0.1) is 11.4 Å². The van der Waals surface area contributed by atoms with Crippen molar-refractivity contribution >= 4 is 28.2 Å². The Balaban J connectivity index is 1.23. The van der Waals surface area contributed by atoms with Crippen molar-refractivity contribution in [2.24, 2.45) is 23.2 Å². The first-order chi connectivity index (χ1) is 13.1. The fraction of sp³-hybridized carbons (Fsp3) is 0.524. The fourth-order valence-electron chi connectivity index (χ4n) is 6.15. The first-order valence-corrected chi connectivity index (χ1v) is 10.7. The lowest BCUT2D eigenvalue weighted by Crippen LogP contribution is -2.47. The third-order valence-electron chi connectivity index (χ3n) is 6.62. The number of benzene rings is 1. The van der Waals surface area contributed by atoms with Crippen molar-refractivity contribution in [3.05, 3.63) is 41.2 Å². The van der Waals surface area contributed by atoms with E-state index in [1.54, 1.807) is 12.1 Å². The second-order valence-electron chi connectivity index (χ2n) is 8.80. The Morgan fingerprint density at radius 3 is 2.44 bits per heavy atom. The van der Waals surface area contributed by atoms with Gasteiger partial charge in [-0.2, -0.15) is 0 Å². The van der Waals surface area contributed by atoms with Gasteiger partial charge in [-0.1, -0.05) is 12.1 Å². The third kappa shape index (κ3) is 3.47. The molecular weight excluding hydrogens is 361 g/mol. The highest BCUT2D eigenvalue weighted by Crippen LogP contribution is 2.61. The van der Waals surface area contributed by atoms with Crippen LogP contribution in [0.15, 0.2) is 29.6 Å². The number of hydrogen-bond donors (Lipinski definition) is 2. The summed E-state index contributed by atoms with van der Waals surface area (Å²) in [4.78, 5) is 16.8. The van der Waals surface area contributed by atoms with Gasteiger partial charge in [0.25, 0.3) is 0 Å². The van der Waals surface area contributed by atoms with Gasteiger partial charge in [0.1, 0.15) is 5.82 Å². The molecule has 6 rings (SSSR count). The molecule has 4 aliphatic carbocycles. The normalized spacial score (nSPS) is 31.1. The quantitative estimate of drug-likeness (QED) is 0.711. The summed E-state index contributed by atoms with van der Waals surface area (Å²) in [6.07, 6.45) is 9.43. The molecule has 4 saturated carbocycles. The average Bonchev–Trinajstić information content (AvgIpc) is 3.01. The fourth-order valence-corrected chi connectivity index (χ4v) is 6.85. The van der Waals surface area contributed by atoms with Gasteiger partial charge >= 0.3 is 6.03 Å².